The standard InChI is InChI=1S/C23H18F4N2O2/c1-15-14-18(29(16-8-4-2-5-9-16)17-10-6-3-7-11-17)12-13-28(15)19-20(30)22(24,25)23(26,27)21(19)31/h2-12,14,30H,13H2,1H3. The van der Waals surface area contributed by atoms with E-state index in [2.05, 4.69) is 0 Å². The van der Waals surface area contributed by atoms with E-state index in [4.69, 9.17) is 0 Å². The van der Waals surface area contributed by atoms with Gasteiger partial charge in [-0.3, -0.25) is 4.79 Å². The van der Waals surface area contributed by atoms with Gasteiger partial charge < -0.3 is 14.9 Å². The molecule has 0 amide bonds. The van der Waals surface area contributed by atoms with Crippen molar-refractivity contribution in [1.82, 2.24) is 4.90 Å². The number of hydrogen-bond acceptors (Lipinski definition) is 4. The maximum Gasteiger partial charge on any atom is 0.380 e. The van der Waals surface area contributed by atoms with Crippen LogP contribution in [0.25, 0.3) is 0 Å². The SMILES string of the molecule is CC1=CC(N(c2ccccc2)c2ccccc2)=CCN1C1=C(O)C(F)(F)C(F)(F)C1=O. The highest BCUT2D eigenvalue weighted by Gasteiger charge is 2.72. The van der Waals surface area contributed by atoms with Gasteiger partial charge in [0.15, 0.2) is 5.76 Å². The second kappa shape index (κ2) is 7.30. The highest BCUT2D eigenvalue weighted by molar-refractivity contribution is 6.05. The van der Waals surface area contributed by atoms with Crippen LogP contribution in [0.3, 0.4) is 0 Å². The summed E-state index contributed by atoms with van der Waals surface area (Å²) in [6.45, 7) is 1.36. The van der Waals surface area contributed by atoms with Crippen LogP contribution in [0.1, 0.15) is 6.92 Å². The molecule has 0 aromatic heterocycles. The molecule has 8 heteroatoms. The Balaban J connectivity index is 1.73. The minimum atomic E-state index is -4.99. The number of rotatable bonds is 4. The summed E-state index contributed by atoms with van der Waals surface area (Å²) in [5.41, 5.74) is 1.50. The number of nitrogens with zero attached hydrogens (tertiary/aromatic N) is 2. The maximum atomic E-state index is 13.8. The molecule has 2 aliphatic rings. The summed E-state index contributed by atoms with van der Waals surface area (Å²) >= 11 is 0. The van der Waals surface area contributed by atoms with Crippen LogP contribution in [0.4, 0.5) is 28.9 Å². The fourth-order valence-corrected chi connectivity index (χ4v) is 3.65. The van der Waals surface area contributed by atoms with Gasteiger partial charge in [0.05, 0.1) is 0 Å². The summed E-state index contributed by atoms with van der Waals surface area (Å²) < 4.78 is 55.1. The van der Waals surface area contributed by atoms with Crippen molar-refractivity contribution in [3.05, 3.63) is 95.7 Å². The van der Waals surface area contributed by atoms with Gasteiger partial charge in [-0.15, -0.1) is 0 Å². The number of hydrogen-bond donors (Lipinski definition) is 1. The second-order valence-corrected chi connectivity index (χ2v) is 7.21. The van der Waals surface area contributed by atoms with E-state index in [0.717, 1.165) is 16.3 Å². The smallest absolute Gasteiger partial charge is 0.380 e. The zero-order chi connectivity index (χ0) is 22.4. The Bertz CT molecular complexity index is 1070. The van der Waals surface area contributed by atoms with Crippen LogP contribution in [-0.2, 0) is 4.79 Å². The molecule has 4 rings (SSSR count). The Morgan fingerprint density at radius 3 is 1.84 bits per heavy atom. The third kappa shape index (κ3) is 3.19. The van der Waals surface area contributed by atoms with Crippen molar-refractivity contribution >= 4 is 17.2 Å². The van der Waals surface area contributed by atoms with Gasteiger partial charge >= 0.3 is 11.8 Å². The number of alkyl halides is 4. The van der Waals surface area contributed by atoms with Crippen LogP contribution in [0.5, 0.6) is 0 Å². The Labute approximate surface area is 176 Å². The molecule has 1 aliphatic heterocycles. The van der Waals surface area contributed by atoms with Gasteiger partial charge in [0.2, 0.25) is 0 Å². The van der Waals surface area contributed by atoms with Crippen molar-refractivity contribution in [3.63, 3.8) is 0 Å². The molecule has 160 valence electrons. The minimum absolute atomic E-state index is 0.148. The number of carbonyl (C=O) groups excluding carboxylic acids is 1. The molecule has 0 bridgehead atoms. The molecule has 0 fully saturated rings. The Morgan fingerprint density at radius 2 is 1.42 bits per heavy atom. The molecule has 0 unspecified atom stereocenters. The lowest BCUT2D eigenvalue weighted by molar-refractivity contribution is -0.190. The van der Waals surface area contributed by atoms with Gasteiger partial charge in [-0.05, 0) is 43.3 Å². The molecule has 1 N–H and O–H groups in total. The molecule has 2 aromatic carbocycles. The van der Waals surface area contributed by atoms with Crippen LogP contribution in [0, 0.1) is 0 Å². The van der Waals surface area contributed by atoms with Crippen LogP contribution >= 0.6 is 0 Å². The quantitative estimate of drug-likeness (QED) is 0.646. The summed E-state index contributed by atoms with van der Waals surface area (Å²) in [5, 5.41) is 9.75. The second-order valence-electron chi connectivity index (χ2n) is 7.21. The predicted molar refractivity (Wildman–Crippen MR) is 108 cm³/mol. The lowest BCUT2D eigenvalue weighted by atomic mass is 10.1. The fraction of sp³-hybridized carbons (Fsp3) is 0.174. The summed E-state index contributed by atoms with van der Waals surface area (Å²) in [6, 6.07) is 18.7. The Hall–Kier alpha value is -3.55. The van der Waals surface area contributed by atoms with E-state index in [1.807, 2.05) is 65.6 Å². The van der Waals surface area contributed by atoms with Crippen LogP contribution in [0.15, 0.2) is 95.7 Å². The van der Waals surface area contributed by atoms with E-state index in [1.54, 1.807) is 12.2 Å². The predicted octanol–water partition coefficient (Wildman–Crippen LogP) is 5.55. The first-order chi connectivity index (χ1) is 14.7. The molecule has 0 saturated heterocycles. The first kappa shape index (κ1) is 20.7. The van der Waals surface area contributed by atoms with E-state index in [0.29, 0.717) is 5.70 Å². The van der Waals surface area contributed by atoms with Gasteiger partial charge in [0.1, 0.15) is 5.70 Å². The van der Waals surface area contributed by atoms with E-state index in [-0.39, 0.29) is 12.2 Å². The Kier molecular flexibility index (Phi) is 4.88. The molecule has 0 saturated carbocycles. The number of Topliss-reactive ketones (excluding diaryl/α,β-unsaturated/α-hetero) is 1. The molecule has 0 spiro atoms. The number of allylic oxidation sites excluding steroid dienone is 4. The molecule has 2 aromatic rings. The first-order valence-corrected chi connectivity index (χ1v) is 9.46. The molecular weight excluding hydrogens is 412 g/mol. The number of halogens is 4. The number of benzene rings is 2. The van der Waals surface area contributed by atoms with Crippen LogP contribution < -0.4 is 4.90 Å². The maximum absolute atomic E-state index is 13.8. The highest BCUT2D eigenvalue weighted by atomic mass is 19.3. The summed E-state index contributed by atoms with van der Waals surface area (Å²) in [4.78, 5) is 14.9. The van der Waals surface area contributed by atoms with E-state index in [1.165, 1.54) is 6.92 Å². The molecule has 0 atom stereocenters. The average Bonchev–Trinajstić information content (AvgIpc) is 2.87. The molecular formula is C23H18F4N2O2. The molecule has 0 radical (unpaired) electrons. The summed E-state index contributed by atoms with van der Waals surface area (Å²) in [6.07, 6.45) is 3.21. The van der Waals surface area contributed by atoms with E-state index >= 15 is 0 Å². The molecule has 1 heterocycles. The third-order valence-corrected chi connectivity index (χ3v) is 5.24. The minimum Gasteiger partial charge on any atom is -0.505 e. The number of aliphatic hydroxyl groups excluding tert-OH is 1. The first-order valence-electron chi connectivity index (χ1n) is 9.46. The van der Waals surface area contributed by atoms with Gasteiger partial charge in [-0.2, -0.15) is 17.6 Å². The van der Waals surface area contributed by atoms with E-state index < -0.39 is 29.1 Å². The van der Waals surface area contributed by atoms with Crippen LogP contribution in [-0.4, -0.2) is 34.2 Å². The highest BCUT2D eigenvalue weighted by Crippen LogP contribution is 2.49. The number of carbonyl (C=O) groups is 1. The van der Waals surface area contributed by atoms with Crippen LogP contribution in [0.2, 0.25) is 0 Å². The number of para-hydroxylation sites is 2. The van der Waals surface area contributed by atoms with Crippen molar-refractivity contribution in [2.75, 3.05) is 11.4 Å². The topological polar surface area (TPSA) is 43.8 Å². The van der Waals surface area contributed by atoms with Gasteiger partial charge in [0, 0.05) is 29.3 Å². The average molecular weight is 430 g/mol. The molecule has 31 heavy (non-hydrogen) atoms. The zero-order valence-electron chi connectivity index (χ0n) is 16.4. The number of anilines is 2. The fourth-order valence-electron chi connectivity index (χ4n) is 3.65. The largest absolute Gasteiger partial charge is 0.505 e. The van der Waals surface area contributed by atoms with E-state index in [9.17, 15) is 27.5 Å². The monoisotopic (exact) mass is 430 g/mol. The molecule has 1 aliphatic carbocycles. The number of aliphatic hydroxyl groups is 1. The molecule has 4 nitrogen and oxygen atoms in total. The summed E-state index contributed by atoms with van der Waals surface area (Å²) in [5.74, 6) is -13.9. The van der Waals surface area contributed by atoms with Crippen molar-refractivity contribution in [2.45, 2.75) is 18.8 Å². The normalized spacial score (nSPS) is 19.9. The van der Waals surface area contributed by atoms with Crippen molar-refractivity contribution in [2.24, 2.45) is 0 Å². The van der Waals surface area contributed by atoms with Crippen molar-refractivity contribution in [1.29, 1.82) is 0 Å². The van der Waals surface area contributed by atoms with Crippen molar-refractivity contribution in [3.8, 4) is 0 Å². The van der Waals surface area contributed by atoms with Crippen molar-refractivity contribution < 1.29 is 27.5 Å². The third-order valence-electron chi connectivity index (χ3n) is 5.24. The van der Waals surface area contributed by atoms with Gasteiger partial charge in [-0.25, -0.2) is 0 Å². The lowest BCUT2D eigenvalue weighted by Crippen LogP contribution is -2.43. The lowest BCUT2D eigenvalue weighted by Gasteiger charge is -2.33. The summed E-state index contributed by atoms with van der Waals surface area (Å²) in [7, 11) is 0. The van der Waals surface area contributed by atoms with Gasteiger partial charge in [-0.1, -0.05) is 36.4 Å². The number of ketones is 1. The van der Waals surface area contributed by atoms with Gasteiger partial charge in [0.25, 0.3) is 5.78 Å². The Morgan fingerprint density at radius 1 is 0.903 bits per heavy atom. The zero-order valence-corrected chi connectivity index (χ0v) is 16.4.